The molecule has 2 heterocycles. The second kappa shape index (κ2) is 6.64. The number of para-hydroxylation sites is 1. The highest BCUT2D eigenvalue weighted by Gasteiger charge is 2.23. The fourth-order valence-electron chi connectivity index (χ4n) is 2.86. The highest BCUT2D eigenvalue weighted by molar-refractivity contribution is 6.04. The van der Waals surface area contributed by atoms with Gasteiger partial charge < -0.3 is 10.8 Å². The molecular weight excluding hydrogens is 356 g/mol. The Morgan fingerprint density at radius 3 is 2.82 bits per heavy atom. The van der Waals surface area contributed by atoms with Gasteiger partial charge in [-0.25, -0.2) is 4.68 Å². The van der Waals surface area contributed by atoms with Crippen molar-refractivity contribution in [3.05, 3.63) is 71.7 Å². The molecule has 4 rings (SSSR count). The number of hydrogen-bond donors (Lipinski definition) is 3. The van der Waals surface area contributed by atoms with E-state index in [1.807, 2.05) is 42.5 Å². The maximum absolute atomic E-state index is 11.7. The van der Waals surface area contributed by atoms with E-state index in [0.29, 0.717) is 16.6 Å². The van der Waals surface area contributed by atoms with Crippen molar-refractivity contribution in [2.75, 3.05) is 0 Å². The third-order valence-electron chi connectivity index (χ3n) is 4.28. The van der Waals surface area contributed by atoms with Crippen LogP contribution in [0.5, 0.6) is 0 Å². The minimum absolute atomic E-state index is 0.209. The highest BCUT2D eigenvalue weighted by Crippen LogP contribution is 2.22. The van der Waals surface area contributed by atoms with Gasteiger partial charge in [0.2, 0.25) is 0 Å². The third-order valence-corrected chi connectivity index (χ3v) is 4.28. The van der Waals surface area contributed by atoms with Crippen LogP contribution in [-0.2, 0) is 5.60 Å². The molecule has 0 saturated heterocycles. The topological polar surface area (TPSA) is 123 Å². The van der Waals surface area contributed by atoms with Gasteiger partial charge in [-0.2, -0.15) is 5.10 Å². The second-order valence-electron chi connectivity index (χ2n) is 6.37. The molecule has 0 saturated carbocycles. The molecule has 0 radical (unpaired) electrons. The number of fused-ring (bicyclic) bond motifs is 1. The minimum Gasteiger partial charge on any atom is -0.372 e. The largest absolute Gasteiger partial charge is 0.372 e. The molecule has 1 unspecified atom stereocenters. The number of benzene rings is 2. The number of carbonyl (C=O) groups excluding carboxylic acids is 1. The summed E-state index contributed by atoms with van der Waals surface area (Å²) in [6.07, 6.45) is 1.49. The number of carbonyl (C=O) groups is 1. The van der Waals surface area contributed by atoms with Crippen LogP contribution in [0.15, 0.2) is 54.7 Å². The number of nitrogens with two attached hydrogens (primary N) is 1. The van der Waals surface area contributed by atoms with Crippen LogP contribution >= 0.6 is 0 Å². The maximum Gasteiger partial charge on any atom is 0.269 e. The van der Waals surface area contributed by atoms with Crippen LogP contribution in [0.1, 0.15) is 28.7 Å². The summed E-state index contributed by atoms with van der Waals surface area (Å²) in [6.45, 7) is 1.54. The molecule has 0 bridgehead atoms. The molecule has 8 heteroatoms. The summed E-state index contributed by atoms with van der Waals surface area (Å²) in [4.78, 5) is 11.7. The van der Waals surface area contributed by atoms with Crippen LogP contribution < -0.4 is 5.73 Å². The Labute approximate surface area is 160 Å². The van der Waals surface area contributed by atoms with Crippen LogP contribution in [0.2, 0.25) is 0 Å². The number of nitrogens with zero attached hydrogens (tertiary/aromatic N) is 4. The number of H-pyrrole nitrogens is 1. The molecule has 0 aliphatic carbocycles. The van der Waals surface area contributed by atoms with Gasteiger partial charge in [-0.05, 0) is 31.2 Å². The zero-order valence-corrected chi connectivity index (χ0v) is 14.9. The zero-order chi connectivity index (χ0) is 19.7. The molecule has 8 nitrogen and oxygen atoms in total. The lowest BCUT2D eigenvalue weighted by atomic mass is 10.0. The van der Waals surface area contributed by atoms with Crippen molar-refractivity contribution in [3.63, 3.8) is 0 Å². The van der Waals surface area contributed by atoms with E-state index in [1.165, 1.54) is 6.20 Å². The molecule has 2 aromatic heterocycles. The number of rotatable bonds is 3. The number of hydrogen-bond acceptors (Lipinski definition) is 5. The van der Waals surface area contributed by atoms with Crippen LogP contribution in [0.25, 0.3) is 16.6 Å². The monoisotopic (exact) mass is 372 g/mol. The molecule has 2 aromatic carbocycles. The normalized spacial score (nSPS) is 12.9. The zero-order valence-electron chi connectivity index (χ0n) is 14.9. The van der Waals surface area contributed by atoms with E-state index >= 15 is 0 Å². The lowest BCUT2D eigenvalue weighted by Gasteiger charge is -2.11. The van der Waals surface area contributed by atoms with Crippen molar-refractivity contribution >= 4 is 16.8 Å². The van der Waals surface area contributed by atoms with Gasteiger partial charge in [0.1, 0.15) is 5.69 Å². The Kier molecular flexibility index (Phi) is 4.14. The summed E-state index contributed by atoms with van der Waals surface area (Å²) in [5.74, 6) is 5.15. The van der Waals surface area contributed by atoms with Crippen LogP contribution in [0.4, 0.5) is 0 Å². The summed E-state index contributed by atoms with van der Waals surface area (Å²) in [7, 11) is 0. The molecular formula is C20H16N6O2. The molecule has 138 valence electrons. The molecule has 1 amide bonds. The smallest absolute Gasteiger partial charge is 0.269 e. The summed E-state index contributed by atoms with van der Waals surface area (Å²) >= 11 is 0. The van der Waals surface area contributed by atoms with Gasteiger partial charge in [0, 0.05) is 17.1 Å². The average molecular weight is 372 g/mol. The molecule has 4 N–H and O–H groups in total. The van der Waals surface area contributed by atoms with Gasteiger partial charge in [-0.3, -0.25) is 9.89 Å². The number of amides is 1. The summed E-state index contributed by atoms with van der Waals surface area (Å²) in [5, 5.41) is 25.5. The van der Waals surface area contributed by atoms with E-state index in [0.717, 1.165) is 11.2 Å². The first-order valence-electron chi connectivity index (χ1n) is 8.46. The summed E-state index contributed by atoms with van der Waals surface area (Å²) in [5.41, 5.74) is 6.71. The number of nitrogens with one attached hydrogen (secondary N) is 1. The summed E-state index contributed by atoms with van der Waals surface area (Å²) in [6, 6.07) is 14.7. The van der Waals surface area contributed by atoms with E-state index in [4.69, 9.17) is 5.73 Å². The number of aromatic amines is 1. The number of aromatic nitrogens is 5. The molecule has 28 heavy (non-hydrogen) atoms. The van der Waals surface area contributed by atoms with Gasteiger partial charge in [0.25, 0.3) is 5.91 Å². The van der Waals surface area contributed by atoms with Crippen molar-refractivity contribution in [1.29, 1.82) is 0 Å². The minimum atomic E-state index is -1.44. The summed E-state index contributed by atoms with van der Waals surface area (Å²) < 4.78 is 1.65. The quantitative estimate of drug-likeness (QED) is 0.470. The van der Waals surface area contributed by atoms with E-state index < -0.39 is 11.5 Å². The van der Waals surface area contributed by atoms with Gasteiger partial charge in [0.15, 0.2) is 11.3 Å². The second-order valence-corrected chi connectivity index (χ2v) is 6.37. The lowest BCUT2D eigenvalue weighted by molar-refractivity contribution is 0.0996. The molecule has 0 aliphatic heterocycles. The van der Waals surface area contributed by atoms with E-state index in [2.05, 4.69) is 32.4 Å². The fraction of sp³-hybridized carbons (Fsp3) is 0.100. The Balaban J connectivity index is 1.76. The Hall–Kier alpha value is -3.96. The standard InChI is InChI=1S/C20H16N6O2/c1-20(28,17-12-22-25-23-17)10-9-13-5-4-6-14(11-13)26-16-8-3-2-7-15(16)18(24-26)19(21)27/h2-8,11-12,28H,1H3,(H2,21,27)(H,22,23,25). The van der Waals surface area contributed by atoms with Crippen LogP contribution in [-0.4, -0.2) is 36.2 Å². The highest BCUT2D eigenvalue weighted by atomic mass is 16.3. The van der Waals surface area contributed by atoms with Crippen molar-refractivity contribution in [2.45, 2.75) is 12.5 Å². The molecule has 0 fully saturated rings. The third kappa shape index (κ3) is 3.11. The van der Waals surface area contributed by atoms with E-state index in [1.54, 1.807) is 17.7 Å². The van der Waals surface area contributed by atoms with Gasteiger partial charge in [-0.15, -0.1) is 5.10 Å². The molecule has 4 aromatic rings. The predicted octanol–water partition coefficient (Wildman–Crippen LogP) is 1.50. The number of primary amides is 1. The SMILES string of the molecule is CC(O)(C#Cc1cccc(-n2nc(C(N)=O)c3ccccc32)c1)c1c[nH]nn1. The van der Waals surface area contributed by atoms with Crippen molar-refractivity contribution in [2.24, 2.45) is 5.73 Å². The Bertz CT molecular complexity index is 1230. The van der Waals surface area contributed by atoms with Crippen molar-refractivity contribution in [3.8, 4) is 17.5 Å². The molecule has 0 aliphatic rings. The lowest BCUT2D eigenvalue weighted by Crippen LogP contribution is -2.19. The number of aliphatic hydroxyl groups is 1. The first-order chi connectivity index (χ1) is 13.5. The van der Waals surface area contributed by atoms with Gasteiger partial charge >= 0.3 is 0 Å². The van der Waals surface area contributed by atoms with Crippen molar-refractivity contribution < 1.29 is 9.90 Å². The Morgan fingerprint density at radius 2 is 2.07 bits per heavy atom. The van der Waals surface area contributed by atoms with Crippen LogP contribution in [0.3, 0.4) is 0 Å². The molecule has 0 spiro atoms. The van der Waals surface area contributed by atoms with Gasteiger partial charge in [0.05, 0.1) is 11.2 Å². The van der Waals surface area contributed by atoms with Crippen molar-refractivity contribution in [1.82, 2.24) is 25.2 Å². The van der Waals surface area contributed by atoms with Crippen LogP contribution in [0, 0.1) is 11.8 Å². The predicted molar refractivity (Wildman–Crippen MR) is 102 cm³/mol. The maximum atomic E-state index is 11.7. The fourth-order valence-corrected chi connectivity index (χ4v) is 2.86. The van der Waals surface area contributed by atoms with E-state index in [9.17, 15) is 9.90 Å². The van der Waals surface area contributed by atoms with Gasteiger partial charge in [-0.1, -0.05) is 41.3 Å². The average Bonchev–Trinajstić information content (AvgIpc) is 3.35. The Morgan fingerprint density at radius 1 is 1.25 bits per heavy atom. The first kappa shape index (κ1) is 17.5. The molecule has 1 atom stereocenters. The first-order valence-corrected chi connectivity index (χ1v) is 8.46. The van der Waals surface area contributed by atoms with E-state index in [-0.39, 0.29) is 5.69 Å².